The molecule has 0 atom stereocenters. The first-order chi connectivity index (χ1) is 9.42. The van der Waals surface area contributed by atoms with Gasteiger partial charge in [-0.15, -0.1) is 23.5 Å². The van der Waals surface area contributed by atoms with Crippen molar-refractivity contribution in [2.75, 3.05) is 11.5 Å². The zero-order chi connectivity index (χ0) is 12.9. The third-order valence-electron chi connectivity index (χ3n) is 3.36. The lowest BCUT2D eigenvalue weighted by Gasteiger charge is -2.20. The minimum absolute atomic E-state index is 0.760. The van der Waals surface area contributed by atoms with Crippen molar-refractivity contribution in [3.05, 3.63) is 60.2 Å². The van der Waals surface area contributed by atoms with Crippen molar-refractivity contribution >= 4 is 23.5 Å². The van der Waals surface area contributed by atoms with Gasteiger partial charge in [0.2, 0.25) is 0 Å². The van der Waals surface area contributed by atoms with Gasteiger partial charge in [-0.05, 0) is 41.0 Å². The Balaban J connectivity index is 1.68. The van der Waals surface area contributed by atoms with Crippen molar-refractivity contribution in [2.45, 2.75) is 17.4 Å². The van der Waals surface area contributed by atoms with E-state index in [-0.39, 0.29) is 0 Å². The van der Waals surface area contributed by atoms with E-state index in [1.165, 1.54) is 41.0 Å². The highest BCUT2D eigenvalue weighted by Gasteiger charge is 2.14. The molecule has 0 unspecified atom stereocenters. The Morgan fingerprint density at radius 1 is 0.789 bits per heavy atom. The molecule has 0 spiro atoms. The Morgan fingerprint density at radius 2 is 1.42 bits per heavy atom. The van der Waals surface area contributed by atoms with Gasteiger partial charge >= 0.3 is 0 Å². The van der Waals surface area contributed by atoms with Crippen LogP contribution in [0.5, 0.6) is 0 Å². The smallest absolute Gasteiger partial charge is 0.0542 e. The molecule has 0 saturated carbocycles. The van der Waals surface area contributed by atoms with Gasteiger partial charge in [-0.25, -0.2) is 0 Å². The van der Waals surface area contributed by atoms with E-state index in [4.69, 9.17) is 0 Å². The summed E-state index contributed by atoms with van der Waals surface area (Å²) in [7, 11) is 0. The molecule has 3 rings (SSSR count). The van der Waals surface area contributed by atoms with Gasteiger partial charge < -0.3 is 0 Å². The monoisotopic (exact) mass is 286 g/mol. The summed E-state index contributed by atoms with van der Waals surface area (Å²) >= 11 is 4.24. The maximum absolute atomic E-state index is 2.29. The molecule has 98 valence electrons. The summed E-state index contributed by atoms with van der Waals surface area (Å²) < 4.78 is 0.760. The first-order valence-corrected chi connectivity index (χ1v) is 8.89. The topological polar surface area (TPSA) is 0 Å². The molecule has 0 radical (unpaired) electrons. The van der Waals surface area contributed by atoms with Crippen molar-refractivity contribution in [3.63, 3.8) is 0 Å². The third kappa shape index (κ3) is 3.58. The van der Waals surface area contributed by atoms with Crippen LogP contribution in [-0.2, 0) is 6.42 Å². The predicted octanol–water partition coefficient (Wildman–Crippen LogP) is 5.09. The molecule has 1 fully saturated rings. The molecule has 0 N–H and O–H groups in total. The summed E-state index contributed by atoms with van der Waals surface area (Å²) in [6.07, 6.45) is 2.57. The summed E-state index contributed by atoms with van der Waals surface area (Å²) in [6, 6.07) is 19.7. The lowest BCUT2D eigenvalue weighted by Crippen LogP contribution is -2.09. The fourth-order valence-corrected chi connectivity index (χ4v) is 5.22. The largest absolute Gasteiger partial charge is 0.147 e. The van der Waals surface area contributed by atoms with Gasteiger partial charge in [-0.2, -0.15) is 0 Å². The van der Waals surface area contributed by atoms with E-state index in [9.17, 15) is 0 Å². The molecule has 2 aromatic carbocycles. The first-order valence-electron chi connectivity index (χ1n) is 6.79. The molecule has 0 nitrogen and oxygen atoms in total. The molecule has 0 bridgehead atoms. The molecule has 2 aromatic rings. The Labute approximate surface area is 124 Å². The van der Waals surface area contributed by atoms with Crippen LogP contribution in [0.25, 0.3) is 11.1 Å². The van der Waals surface area contributed by atoms with Gasteiger partial charge in [0.15, 0.2) is 0 Å². The first kappa shape index (κ1) is 13.1. The average Bonchev–Trinajstić information content (AvgIpc) is 2.50. The quantitative estimate of drug-likeness (QED) is 0.770. The van der Waals surface area contributed by atoms with Crippen LogP contribution in [0.15, 0.2) is 54.6 Å². The maximum atomic E-state index is 2.29. The van der Waals surface area contributed by atoms with Crippen LogP contribution in [0.2, 0.25) is 0 Å². The van der Waals surface area contributed by atoms with Crippen molar-refractivity contribution in [1.82, 2.24) is 0 Å². The highest BCUT2D eigenvalue weighted by Crippen LogP contribution is 2.33. The average molecular weight is 286 g/mol. The molecular formula is C17H18S2. The van der Waals surface area contributed by atoms with Crippen LogP contribution in [0.4, 0.5) is 0 Å². The zero-order valence-corrected chi connectivity index (χ0v) is 12.6. The second-order valence-corrected chi connectivity index (χ2v) is 7.71. The van der Waals surface area contributed by atoms with E-state index >= 15 is 0 Å². The third-order valence-corrected chi connectivity index (χ3v) is 6.30. The highest BCUT2D eigenvalue weighted by atomic mass is 32.2. The predicted molar refractivity (Wildman–Crippen MR) is 88.9 cm³/mol. The zero-order valence-electron chi connectivity index (χ0n) is 10.9. The van der Waals surface area contributed by atoms with Gasteiger partial charge in [-0.3, -0.25) is 0 Å². The van der Waals surface area contributed by atoms with Crippen LogP contribution < -0.4 is 0 Å². The van der Waals surface area contributed by atoms with Crippen LogP contribution >= 0.6 is 23.5 Å². The van der Waals surface area contributed by atoms with Crippen LogP contribution in [0.3, 0.4) is 0 Å². The van der Waals surface area contributed by atoms with Crippen LogP contribution in [0, 0.1) is 0 Å². The van der Waals surface area contributed by atoms with Gasteiger partial charge in [0, 0.05) is 0 Å². The summed E-state index contributed by atoms with van der Waals surface area (Å²) in [5.74, 6) is 2.67. The fourth-order valence-electron chi connectivity index (χ4n) is 2.31. The van der Waals surface area contributed by atoms with Crippen molar-refractivity contribution in [3.8, 4) is 11.1 Å². The lowest BCUT2D eigenvalue weighted by molar-refractivity contribution is 1.04. The minimum atomic E-state index is 0.760. The van der Waals surface area contributed by atoms with E-state index in [1.54, 1.807) is 0 Å². The molecule has 0 amide bonds. The molecule has 0 aromatic heterocycles. The maximum Gasteiger partial charge on any atom is 0.0542 e. The Hall–Kier alpha value is -0.860. The number of benzene rings is 2. The van der Waals surface area contributed by atoms with Gasteiger partial charge in [0.1, 0.15) is 0 Å². The lowest BCUT2D eigenvalue weighted by atomic mass is 10.0. The molecule has 0 aliphatic carbocycles. The van der Waals surface area contributed by atoms with E-state index in [0.717, 1.165) is 4.58 Å². The summed E-state index contributed by atoms with van der Waals surface area (Å²) in [6.45, 7) is 0. The fraction of sp³-hybridized carbons (Fsp3) is 0.294. The molecule has 2 heteroatoms. The Morgan fingerprint density at radius 3 is 2.11 bits per heavy atom. The molecule has 1 aliphatic rings. The van der Waals surface area contributed by atoms with Crippen LogP contribution in [0.1, 0.15) is 12.0 Å². The van der Waals surface area contributed by atoms with E-state index in [0.29, 0.717) is 0 Å². The molecule has 1 heterocycles. The minimum Gasteiger partial charge on any atom is -0.147 e. The molecule has 1 aliphatic heterocycles. The number of rotatable bonds is 3. The Bertz CT molecular complexity index is 499. The second-order valence-electron chi connectivity index (χ2n) is 4.79. The second kappa shape index (κ2) is 6.53. The van der Waals surface area contributed by atoms with E-state index in [1.807, 2.05) is 0 Å². The van der Waals surface area contributed by atoms with Crippen molar-refractivity contribution < 1.29 is 0 Å². The SMILES string of the molecule is c1ccc(-c2ccc(CC3SCCCS3)cc2)cc1. The van der Waals surface area contributed by atoms with Gasteiger partial charge in [0.05, 0.1) is 4.58 Å². The normalized spacial score (nSPS) is 16.4. The Kier molecular flexibility index (Phi) is 4.52. The molecule has 1 saturated heterocycles. The number of hydrogen-bond acceptors (Lipinski definition) is 2. The summed E-state index contributed by atoms with van der Waals surface area (Å²) in [5, 5.41) is 0. The van der Waals surface area contributed by atoms with Crippen LogP contribution in [-0.4, -0.2) is 16.1 Å². The van der Waals surface area contributed by atoms with Gasteiger partial charge in [0.25, 0.3) is 0 Å². The van der Waals surface area contributed by atoms with Crippen molar-refractivity contribution in [2.24, 2.45) is 0 Å². The van der Waals surface area contributed by atoms with E-state index < -0.39 is 0 Å². The standard InChI is InChI=1S/C17H18S2/c1-2-5-15(6-3-1)16-9-7-14(8-10-16)13-17-18-11-4-12-19-17/h1-3,5-10,17H,4,11-13H2. The van der Waals surface area contributed by atoms with Gasteiger partial charge in [-0.1, -0.05) is 54.6 Å². The number of hydrogen-bond donors (Lipinski definition) is 0. The molecular weight excluding hydrogens is 268 g/mol. The summed E-state index contributed by atoms with van der Waals surface area (Å²) in [5.41, 5.74) is 4.08. The highest BCUT2D eigenvalue weighted by molar-refractivity contribution is 8.17. The van der Waals surface area contributed by atoms with E-state index in [2.05, 4.69) is 78.1 Å². The summed E-state index contributed by atoms with van der Waals surface area (Å²) in [4.78, 5) is 0. The number of thioether (sulfide) groups is 2. The molecule has 19 heavy (non-hydrogen) atoms. The van der Waals surface area contributed by atoms with Crippen molar-refractivity contribution in [1.29, 1.82) is 0 Å².